The van der Waals surface area contributed by atoms with Gasteiger partial charge in [-0.3, -0.25) is 9.20 Å². The van der Waals surface area contributed by atoms with Crippen LogP contribution in [0.5, 0.6) is 0 Å². The number of hydrogen-bond acceptors (Lipinski definition) is 4. The third-order valence-corrected chi connectivity index (χ3v) is 4.57. The van der Waals surface area contributed by atoms with Gasteiger partial charge < -0.3 is 4.90 Å². The van der Waals surface area contributed by atoms with Gasteiger partial charge in [0.05, 0.1) is 5.69 Å². The molecule has 0 radical (unpaired) electrons. The molecule has 128 valence electrons. The Labute approximate surface area is 147 Å². The van der Waals surface area contributed by atoms with E-state index < -0.39 is 0 Å². The van der Waals surface area contributed by atoms with Gasteiger partial charge in [-0.2, -0.15) is 5.10 Å². The molecular weight excluding hydrogens is 335 g/mol. The molecule has 0 spiro atoms. The van der Waals surface area contributed by atoms with Crippen molar-refractivity contribution in [3.8, 4) is 5.69 Å². The van der Waals surface area contributed by atoms with Crippen LogP contribution in [0, 0.1) is 5.82 Å². The Morgan fingerprint density at radius 1 is 1.19 bits per heavy atom. The molecule has 1 aliphatic rings. The number of hydrogen-bond donors (Lipinski definition) is 0. The van der Waals surface area contributed by atoms with Gasteiger partial charge in [0, 0.05) is 36.6 Å². The van der Waals surface area contributed by atoms with E-state index in [0.717, 1.165) is 5.56 Å². The van der Waals surface area contributed by atoms with Crippen molar-refractivity contribution in [1.82, 2.24) is 29.3 Å². The second-order valence-corrected chi connectivity index (χ2v) is 6.15. The average molecular weight is 348 g/mol. The fourth-order valence-corrected chi connectivity index (χ4v) is 3.30. The third kappa shape index (κ3) is 2.19. The summed E-state index contributed by atoms with van der Waals surface area (Å²) in [5, 5.41) is 11.9. The molecular formula is C18H13FN6O. The number of fused-ring (bicyclic) bond motifs is 3. The standard InChI is InChI=1S/C18H13FN6O/c19-15-8-14(25-7-1-6-21-25)4-2-12(15)9-23-10-13-3-5-16-22-20-11-24(16)17(13)18(23)26/h1-8,11H,9-10H2. The fraction of sp³-hybridized carbons (Fsp3) is 0.111. The van der Waals surface area contributed by atoms with Gasteiger partial charge in [0.2, 0.25) is 0 Å². The fourth-order valence-electron chi connectivity index (χ4n) is 3.30. The van der Waals surface area contributed by atoms with E-state index in [1.807, 2.05) is 12.1 Å². The molecule has 0 aliphatic carbocycles. The van der Waals surface area contributed by atoms with Crippen LogP contribution < -0.4 is 0 Å². The molecule has 0 fully saturated rings. The predicted octanol–water partition coefficient (Wildman–Crippen LogP) is 2.21. The lowest BCUT2D eigenvalue weighted by Crippen LogP contribution is -2.24. The summed E-state index contributed by atoms with van der Waals surface area (Å²) in [5.41, 5.74) is 3.14. The van der Waals surface area contributed by atoms with Crippen molar-refractivity contribution in [3.05, 3.63) is 77.8 Å². The number of rotatable bonds is 3. The number of nitrogens with zero attached hydrogens (tertiary/aromatic N) is 6. The van der Waals surface area contributed by atoms with Gasteiger partial charge in [0.15, 0.2) is 5.65 Å². The number of halogens is 1. The number of benzene rings is 1. The van der Waals surface area contributed by atoms with Gasteiger partial charge in [-0.15, -0.1) is 10.2 Å². The van der Waals surface area contributed by atoms with Crippen molar-refractivity contribution in [1.29, 1.82) is 0 Å². The Morgan fingerprint density at radius 3 is 2.92 bits per heavy atom. The van der Waals surface area contributed by atoms with Crippen molar-refractivity contribution in [2.75, 3.05) is 0 Å². The topological polar surface area (TPSA) is 68.3 Å². The first-order chi connectivity index (χ1) is 12.7. The van der Waals surface area contributed by atoms with Crippen LogP contribution in [0.2, 0.25) is 0 Å². The van der Waals surface area contributed by atoms with Gasteiger partial charge in [-0.1, -0.05) is 12.1 Å². The minimum Gasteiger partial charge on any atom is -0.329 e. The van der Waals surface area contributed by atoms with Gasteiger partial charge >= 0.3 is 0 Å². The zero-order chi connectivity index (χ0) is 17.7. The summed E-state index contributed by atoms with van der Waals surface area (Å²) < 4.78 is 17.8. The van der Waals surface area contributed by atoms with Gasteiger partial charge in [-0.05, 0) is 24.3 Å². The molecule has 5 rings (SSSR count). The van der Waals surface area contributed by atoms with E-state index in [2.05, 4.69) is 15.3 Å². The normalized spacial score (nSPS) is 13.6. The van der Waals surface area contributed by atoms with Crippen molar-refractivity contribution in [3.63, 3.8) is 0 Å². The van der Waals surface area contributed by atoms with Gasteiger partial charge in [0.1, 0.15) is 17.8 Å². The molecule has 0 bridgehead atoms. The summed E-state index contributed by atoms with van der Waals surface area (Å²) in [6, 6.07) is 10.4. The summed E-state index contributed by atoms with van der Waals surface area (Å²) in [6.45, 7) is 0.630. The first kappa shape index (κ1) is 14.8. The van der Waals surface area contributed by atoms with Crippen LogP contribution in [-0.4, -0.2) is 35.2 Å². The molecule has 4 heterocycles. The molecule has 1 aromatic carbocycles. The summed E-state index contributed by atoms with van der Waals surface area (Å²) in [7, 11) is 0. The second kappa shape index (κ2) is 5.48. The molecule has 26 heavy (non-hydrogen) atoms. The van der Waals surface area contributed by atoms with E-state index in [9.17, 15) is 9.18 Å². The second-order valence-electron chi connectivity index (χ2n) is 6.15. The molecule has 1 amide bonds. The first-order valence-electron chi connectivity index (χ1n) is 8.10. The molecule has 0 saturated heterocycles. The van der Waals surface area contributed by atoms with E-state index >= 15 is 0 Å². The maximum Gasteiger partial charge on any atom is 0.271 e. The summed E-state index contributed by atoms with van der Waals surface area (Å²) >= 11 is 0. The number of carbonyl (C=O) groups is 1. The van der Waals surface area contributed by atoms with Crippen LogP contribution in [-0.2, 0) is 13.1 Å². The zero-order valence-corrected chi connectivity index (χ0v) is 13.6. The van der Waals surface area contributed by atoms with E-state index in [0.29, 0.717) is 29.1 Å². The Balaban J connectivity index is 1.44. The maximum atomic E-state index is 14.6. The van der Waals surface area contributed by atoms with Crippen molar-refractivity contribution < 1.29 is 9.18 Å². The SMILES string of the molecule is O=C1c2c(ccc3nncn23)CN1Cc1ccc(-n2cccn2)cc1F. The smallest absolute Gasteiger partial charge is 0.271 e. The molecule has 0 N–H and O–H groups in total. The van der Waals surface area contributed by atoms with Crippen LogP contribution in [0.3, 0.4) is 0 Å². The molecule has 8 heteroatoms. The molecule has 0 saturated carbocycles. The minimum atomic E-state index is -0.365. The van der Waals surface area contributed by atoms with Crippen LogP contribution in [0.1, 0.15) is 21.6 Å². The zero-order valence-electron chi connectivity index (χ0n) is 13.6. The Kier molecular flexibility index (Phi) is 3.11. The van der Waals surface area contributed by atoms with Crippen molar-refractivity contribution >= 4 is 11.6 Å². The summed E-state index contributed by atoms with van der Waals surface area (Å²) in [5.74, 6) is -0.517. The van der Waals surface area contributed by atoms with Crippen molar-refractivity contribution in [2.45, 2.75) is 13.1 Å². The molecule has 0 atom stereocenters. The minimum absolute atomic E-state index is 0.152. The lowest BCUT2D eigenvalue weighted by atomic mass is 10.2. The summed E-state index contributed by atoms with van der Waals surface area (Å²) in [4.78, 5) is 14.4. The number of carbonyl (C=O) groups excluding carboxylic acids is 1. The maximum absolute atomic E-state index is 14.6. The molecule has 7 nitrogen and oxygen atoms in total. The highest BCUT2D eigenvalue weighted by Crippen LogP contribution is 2.26. The van der Waals surface area contributed by atoms with Gasteiger partial charge in [-0.25, -0.2) is 9.07 Å². The Hall–Kier alpha value is -3.55. The third-order valence-electron chi connectivity index (χ3n) is 4.57. The number of aromatic nitrogens is 5. The quantitative estimate of drug-likeness (QED) is 0.569. The highest BCUT2D eigenvalue weighted by atomic mass is 19.1. The van der Waals surface area contributed by atoms with Crippen LogP contribution >= 0.6 is 0 Å². The van der Waals surface area contributed by atoms with Gasteiger partial charge in [0.25, 0.3) is 5.91 Å². The van der Waals surface area contributed by atoms with Crippen molar-refractivity contribution in [2.24, 2.45) is 0 Å². The lowest BCUT2D eigenvalue weighted by molar-refractivity contribution is 0.0760. The van der Waals surface area contributed by atoms with Crippen LogP contribution in [0.15, 0.2) is 55.1 Å². The number of pyridine rings is 1. The van der Waals surface area contributed by atoms with Crippen LogP contribution in [0.25, 0.3) is 11.3 Å². The van der Waals surface area contributed by atoms with Crippen LogP contribution in [0.4, 0.5) is 4.39 Å². The molecule has 0 unspecified atom stereocenters. The average Bonchev–Trinajstić information content (AvgIpc) is 3.37. The molecule has 1 aliphatic heterocycles. The van der Waals surface area contributed by atoms with E-state index in [4.69, 9.17) is 0 Å². The Bertz CT molecular complexity index is 1130. The highest BCUT2D eigenvalue weighted by Gasteiger charge is 2.30. The van der Waals surface area contributed by atoms with E-state index in [-0.39, 0.29) is 18.3 Å². The summed E-state index contributed by atoms with van der Waals surface area (Å²) in [6.07, 6.45) is 4.91. The Morgan fingerprint density at radius 2 is 2.12 bits per heavy atom. The number of amides is 1. The monoisotopic (exact) mass is 348 g/mol. The van der Waals surface area contributed by atoms with E-state index in [1.54, 1.807) is 44.6 Å². The highest BCUT2D eigenvalue weighted by molar-refractivity contribution is 5.97. The predicted molar refractivity (Wildman–Crippen MR) is 90.1 cm³/mol. The lowest BCUT2D eigenvalue weighted by Gasteiger charge is -2.16. The molecule has 3 aromatic heterocycles. The van der Waals surface area contributed by atoms with E-state index in [1.165, 1.54) is 12.4 Å². The molecule has 4 aromatic rings. The first-order valence-corrected chi connectivity index (χ1v) is 8.10. The largest absolute Gasteiger partial charge is 0.329 e.